The summed E-state index contributed by atoms with van der Waals surface area (Å²) in [6.07, 6.45) is 0.839. The Hall–Kier alpha value is -2.89. The lowest BCUT2D eigenvalue weighted by molar-refractivity contribution is -0.116. The number of hydrogen-bond acceptors (Lipinski definition) is 5. The van der Waals surface area contributed by atoms with Crippen LogP contribution in [0.3, 0.4) is 0 Å². The summed E-state index contributed by atoms with van der Waals surface area (Å²) in [4.78, 5) is 12.6. The molecule has 0 saturated heterocycles. The summed E-state index contributed by atoms with van der Waals surface area (Å²) in [6, 6.07) is 9.58. The van der Waals surface area contributed by atoms with Gasteiger partial charge < -0.3 is 24.3 Å². The molecule has 0 heterocycles. The molecule has 0 fully saturated rings. The molecule has 1 amide bonds. The molecule has 0 radical (unpaired) electrons. The molecule has 6 heteroatoms. The number of carbonyl (C=O) groups excluding carboxylic acids is 1. The lowest BCUT2D eigenvalue weighted by Crippen LogP contribution is -2.16. The van der Waals surface area contributed by atoms with Gasteiger partial charge >= 0.3 is 0 Å². The summed E-state index contributed by atoms with van der Waals surface area (Å²) in [6.45, 7) is 6.39. The maximum atomic E-state index is 12.6. The smallest absolute Gasteiger partial charge is 0.224 e. The molecule has 0 aromatic heterocycles. The van der Waals surface area contributed by atoms with E-state index in [-0.39, 0.29) is 11.3 Å². The zero-order valence-electron chi connectivity index (χ0n) is 18.3. The first-order valence-electron chi connectivity index (χ1n) is 9.50. The van der Waals surface area contributed by atoms with E-state index in [4.69, 9.17) is 18.9 Å². The minimum atomic E-state index is -0.0943. The first-order chi connectivity index (χ1) is 13.7. The van der Waals surface area contributed by atoms with Crippen LogP contribution in [0.1, 0.15) is 38.3 Å². The zero-order valence-corrected chi connectivity index (χ0v) is 18.3. The third-order valence-electron chi connectivity index (χ3n) is 4.70. The maximum absolute atomic E-state index is 12.6. The lowest BCUT2D eigenvalue weighted by atomic mass is 9.87. The predicted octanol–water partition coefficient (Wildman–Crippen LogP) is 4.59. The zero-order chi connectivity index (χ0) is 21.6. The number of anilines is 1. The number of amides is 1. The van der Waals surface area contributed by atoms with E-state index in [1.165, 1.54) is 0 Å². The molecule has 0 spiro atoms. The summed E-state index contributed by atoms with van der Waals surface area (Å²) < 4.78 is 21.5. The van der Waals surface area contributed by atoms with Crippen LogP contribution < -0.4 is 24.3 Å². The van der Waals surface area contributed by atoms with E-state index in [0.29, 0.717) is 41.5 Å². The highest BCUT2D eigenvalue weighted by Crippen LogP contribution is 2.38. The number of benzene rings is 2. The SMILES string of the molecule is COc1ccc(C(C)(C)C)cc1NC(=O)CCc1cc(OC)c(OC)c(OC)c1. The van der Waals surface area contributed by atoms with Crippen LogP contribution in [0.15, 0.2) is 30.3 Å². The second kappa shape index (κ2) is 9.54. The number of methoxy groups -OCH3 is 4. The van der Waals surface area contributed by atoms with Crippen molar-refractivity contribution in [1.29, 1.82) is 0 Å². The van der Waals surface area contributed by atoms with Gasteiger partial charge in [0.1, 0.15) is 5.75 Å². The molecule has 0 aliphatic carbocycles. The first-order valence-corrected chi connectivity index (χ1v) is 9.50. The third kappa shape index (κ3) is 5.56. The van der Waals surface area contributed by atoms with Crippen molar-refractivity contribution in [2.24, 2.45) is 0 Å². The van der Waals surface area contributed by atoms with Crippen LogP contribution in [0.4, 0.5) is 5.69 Å². The third-order valence-corrected chi connectivity index (χ3v) is 4.70. The van der Waals surface area contributed by atoms with Crippen LogP contribution >= 0.6 is 0 Å². The standard InChI is InChI=1S/C23H31NO5/c1-23(2,3)16-9-10-18(26-4)17(14-16)24-21(25)11-8-15-12-19(27-5)22(29-7)20(13-15)28-6/h9-10,12-14H,8,11H2,1-7H3,(H,24,25). The molecule has 0 aliphatic heterocycles. The van der Waals surface area contributed by atoms with E-state index in [1.807, 2.05) is 30.3 Å². The quantitative estimate of drug-likeness (QED) is 0.701. The number of ether oxygens (including phenoxy) is 4. The van der Waals surface area contributed by atoms with Gasteiger partial charge in [0, 0.05) is 6.42 Å². The van der Waals surface area contributed by atoms with Gasteiger partial charge in [-0.15, -0.1) is 0 Å². The van der Waals surface area contributed by atoms with E-state index in [1.54, 1.807) is 28.4 Å². The van der Waals surface area contributed by atoms with Crippen LogP contribution in [-0.4, -0.2) is 34.3 Å². The molecule has 2 aromatic rings. The molecule has 158 valence electrons. The van der Waals surface area contributed by atoms with Crippen molar-refractivity contribution in [3.8, 4) is 23.0 Å². The summed E-state index contributed by atoms with van der Waals surface area (Å²) >= 11 is 0. The number of rotatable bonds is 8. The Bertz CT molecular complexity index is 830. The molecular weight excluding hydrogens is 370 g/mol. The molecule has 2 aromatic carbocycles. The predicted molar refractivity (Wildman–Crippen MR) is 115 cm³/mol. The van der Waals surface area contributed by atoms with E-state index in [2.05, 4.69) is 26.1 Å². The molecule has 2 rings (SSSR count). The summed E-state index contributed by atoms with van der Waals surface area (Å²) in [5.74, 6) is 2.22. The van der Waals surface area contributed by atoms with Crippen molar-refractivity contribution in [1.82, 2.24) is 0 Å². The fraction of sp³-hybridized carbons (Fsp3) is 0.435. The van der Waals surface area contributed by atoms with Crippen molar-refractivity contribution >= 4 is 11.6 Å². The van der Waals surface area contributed by atoms with Gasteiger partial charge in [0.05, 0.1) is 34.1 Å². The van der Waals surface area contributed by atoms with E-state index < -0.39 is 0 Å². The fourth-order valence-corrected chi connectivity index (χ4v) is 3.02. The molecular formula is C23H31NO5. The average Bonchev–Trinajstić information content (AvgIpc) is 2.70. The Kier molecular flexibility index (Phi) is 7.37. The van der Waals surface area contributed by atoms with Crippen LogP contribution in [-0.2, 0) is 16.6 Å². The Morgan fingerprint density at radius 2 is 1.45 bits per heavy atom. The second-order valence-corrected chi connectivity index (χ2v) is 7.75. The highest BCUT2D eigenvalue weighted by Gasteiger charge is 2.18. The molecule has 1 N–H and O–H groups in total. The number of hydrogen-bond donors (Lipinski definition) is 1. The second-order valence-electron chi connectivity index (χ2n) is 7.75. The Labute approximate surface area is 173 Å². The van der Waals surface area contributed by atoms with Gasteiger partial charge in [0.25, 0.3) is 0 Å². The molecule has 6 nitrogen and oxygen atoms in total. The van der Waals surface area contributed by atoms with Gasteiger partial charge in [-0.3, -0.25) is 4.79 Å². The Morgan fingerprint density at radius 3 is 1.93 bits per heavy atom. The van der Waals surface area contributed by atoms with Gasteiger partial charge in [0.15, 0.2) is 11.5 Å². The molecule has 0 atom stereocenters. The van der Waals surface area contributed by atoms with Crippen LogP contribution in [0, 0.1) is 0 Å². The largest absolute Gasteiger partial charge is 0.495 e. The van der Waals surface area contributed by atoms with E-state index in [9.17, 15) is 4.79 Å². The van der Waals surface area contributed by atoms with E-state index >= 15 is 0 Å². The molecule has 0 aliphatic rings. The molecule has 29 heavy (non-hydrogen) atoms. The highest BCUT2D eigenvalue weighted by atomic mass is 16.5. The summed E-state index contributed by atoms with van der Waals surface area (Å²) in [7, 11) is 6.30. The van der Waals surface area contributed by atoms with Crippen molar-refractivity contribution < 1.29 is 23.7 Å². The molecule has 0 bridgehead atoms. The van der Waals surface area contributed by atoms with Crippen LogP contribution in [0.2, 0.25) is 0 Å². The topological polar surface area (TPSA) is 66.0 Å². The van der Waals surface area contributed by atoms with Crippen LogP contribution in [0.25, 0.3) is 0 Å². The number of nitrogens with one attached hydrogen (secondary N) is 1. The van der Waals surface area contributed by atoms with Crippen molar-refractivity contribution in [3.63, 3.8) is 0 Å². The number of carbonyl (C=O) groups is 1. The normalized spacial score (nSPS) is 11.0. The van der Waals surface area contributed by atoms with Gasteiger partial charge in [0.2, 0.25) is 11.7 Å². The monoisotopic (exact) mass is 401 g/mol. The maximum Gasteiger partial charge on any atom is 0.224 e. The first kappa shape index (κ1) is 22.4. The van der Waals surface area contributed by atoms with Crippen LogP contribution in [0.5, 0.6) is 23.0 Å². The number of aryl methyl sites for hydroxylation is 1. The molecule has 0 saturated carbocycles. The average molecular weight is 402 g/mol. The summed E-state index contributed by atoms with van der Waals surface area (Å²) in [5.41, 5.74) is 2.69. The minimum Gasteiger partial charge on any atom is -0.495 e. The molecule has 0 unspecified atom stereocenters. The van der Waals surface area contributed by atoms with Gasteiger partial charge in [-0.05, 0) is 47.2 Å². The Balaban J connectivity index is 2.14. The van der Waals surface area contributed by atoms with Gasteiger partial charge in [-0.2, -0.15) is 0 Å². The van der Waals surface area contributed by atoms with Crippen molar-refractivity contribution in [2.45, 2.75) is 39.0 Å². The minimum absolute atomic E-state index is 0.0258. The van der Waals surface area contributed by atoms with Gasteiger partial charge in [-0.1, -0.05) is 26.8 Å². The summed E-state index contributed by atoms with van der Waals surface area (Å²) in [5, 5.41) is 2.97. The van der Waals surface area contributed by atoms with Gasteiger partial charge in [-0.25, -0.2) is 0 Å². The fourth-order valence-electron chi connectivity index (χ4n) is 3.02. The highest BCUT2D eigenvalue weighted by molar-refractivity contribution is 5.92. The van der Waals surface area contributed by atoms with Crippen molar-refractivity contribution in [3.05, 3.63) is 41.5 Å². The van der Waals surface area contributed by atoms with E-state index in [0.717, 1.165) is 11.1 Å². The lowest BCUT2D eigenvalue weighted by Gasteiger charge is -2.21. The Morgan fingerprint density at radius 1 is 0.862 bits per heavy atom. The van der Waals surface area contributed by atoms with Crippen molar-refractivity contribution in [2.75, 3.05) is 33.8 Å².